The Labute approximate surface area is 133 Å². The van der Waals surface area contributed by atoms with Crippen molar-refractivity contribution in [3.63, 3.8) is 0 Å². The summed E-state index contributed by atoms with van der Waals surface area (Å²) in [5.74, 6) is -13.6. The number of benzene rings is 1. The molecule has 8 nitrogen and oxygen atoms in total. The monoisotopic (exact) mass is 398 g/mol. The van der Waals surface area contributed by atoms with Gasteiger partial charge in [-0.15, -0.1) is 0 Å². The summed E-state index contributed by atoms with van der Waals surface area (Å²) in [7, 11) is -9.69. The Morgan fingerprint density at radius 1 is 0.875 bits per heavy atom. The van der Waals surface area contributed by atoms with Crippen LogP contribution >= 0.6 is 0 Å². The fourth-order valence-electron chi connectivity index (χ4n) is 1.60. The van der Waals surface area contributed by atoms with Gasteiger partial charge in [-0.25, -0.2) is 25.9 Å². The highest BCUT2D eigenvalue weighted by atomic mass is 32.2. The molecule has 0 aliphatic rings. The molecule has 0 fully saturated rings. The molecule has 138 valence electrons. The van der Waals surface area contributed by atoms with Crippen molar-refractivity contribution in [1.29, 1.82) is 0 Å². The Morgan fingerprint density at radius 2 is 1.21 bits per heavy atom. The standard InChI is InChI=1S/C10H10F4O8S2/c1-23(17,18)21-10(16,22-24(2,19)20)5-8(13)6(11)4(3-15)7(12)9(5)14/h15-16H,3H2,1-2H3. The molecule has 24 heavy (non-hydrogen) atoms. The maximum atomic E-state index is 13.9. The molecule has 1 aromatic rings. The lowest BCUT2D eigenvalue weighted by atomic mass is 10.1. The van der Waals surface area contributed by atoms with Crippen LogP contribution < -0.4 is 0 Å². The van der Waals surface area contributed by atoms with E-state index in [9.17, 15) is 39.5 Å². The first-order chi connectivity index (χ1) is 10.6. The molecule has 0 spiro atoms. The van der Waals surface area contributed by atoms with Crippen molar-refractivity contribution in [3.05, 3.63) is 34.4 Å². The van der Waals surface area contributed by atoms with Crippen LogP contribution in [0.15, 0.2) is 0 Å². The van der Waals surface area contributed by atoms with Crippen molar-refractivity contribution in [2.75, 3.05) is 12.5 Å². The first kappa shape index (κ1) is 20.7. The third-order valence-electron chi connectivity index (χ3n) is 2.36. The van der Waals surface area contributed by atoms with Crippen molar-refractivity contribution in [3.8, 4) is 0 Å². The van der Waals surface area contributed by atoms with E-state index in [1.807, 2.05) is 0 Å². The number of rotatable bonds is 6. The molecule has 0 unspecified atom stereocenters. The minimum atomic E-state index is -4.84. The second kappa shape index (κ2) is 6.53. The lowest BCUT2D eigenvalue weighted by Crippen LogP contribution is -2.39. The van der Waals surface area contributed by atoms with Crippen LogP contribution in [0.5, 0.6) is 0 Å². The molecule has 2 N–H and O–H groups in total. The lowest BCUT2D eigenvalue weighted by Gasteiger charge is -2.26. The van der Waals surface area contributed by atoms with Gasteiger partial charge < -0.3 is 10.2 Å². The fraction of sp³-hybridized carbons (Fsp3) is 0.400. The third kappa shape index (κ3) is 4.40. The largest absolute Gasteiger partial charge is 0.391 e. The highest BCUT2D eigenvalue weighted by molar-refractivity contribution is 7.86. The average molecular weight is 398 g/mol. The van der Waals surface area contributed by atoms with Gasteiger partial charge in [0.15, 0.2) is 23.3 Å². The molecular formula is C10H10F4O8S2. The van der Waals surface area contributed by atoms with Crippen molar-refractivity contribution in [2.45, 2.75) is 12.6 Å². The molecule has 14 heteroatoms. The normalized spacial score (nSPS) is 13.3. The molecule has 1 rings (SSSR count). The molecule has 0 aromatic heterocycles. The Kier molecular flexibility index (Phi) is 5.64. The zero-order valence-corrected chi connectivity index (χ0v) is 13.5. The van der Waals surface area contributed by atoms with E-state index in [2.05, 4.69) is 8.37 Å². The summed E-state index contributed by atoms with van der Waals surface area (Å²) in [6, 6.07) is 0. The van der Waals surface area contributed by atoms with E-state index in [1.54, 1.807) is 0 Å². The first-order valence-electron chi connectivity index (χ1n) is 5.62. The Balaban J connectivity index is 3.85. The predicted octanol–water partition coefficient (Wildman–Crippen LogP) is -0.210. The van der Waals surface area contributed by atoms with Crippen LogP contribution in [0.2, 0.25) is 0 Å². The SMILES string of the molecule is CS(=O)(=O)OC(O)(OS(C)(=O)=O)c1c(F)c(F)c(CO)c(F)c1F. The topological polar surface area (TPSA) is 127 Å². The average Bonchev–Trinajstić information content (AvgIpc) is 2.32. The number of hydrogen-bond acceptors (Lipinski definition) is 8. The van der Waals surface area contributed by atoms with E-state index in [-0.39, 0.29) is 12.5 Å². The molecule has 0 aliphatic heterocycles. The Hall–Kier alpha value is -1.32. The molecular weight excluding hydrogens is 388 g/mol. The molecule has 0 saturated heterocycles. The number of aliphatic hydroxyl groups is 2. The second-order valence-corrected chi connectivity index (χ2v) is 7.57. The van der Waals surface area contributed by atoms with E-state index >= 15 is 0 Å². The number of aliphatic hydroxyl groups excluding tert-OH is 1. The molecule has 0 radical (unpaired) electrons. The zero-order valence-electron chi connectivity index (χ0n) is 11.9. The maximum absolute atomic E-state index is 13.9. The van der Waals surface area contributed by atoms with Crippen LogP contribution in [-0.2, 0) is 41.2 Å². The van der Waals surface area contributed by atoms with E-state index < -0.39 is 67.2 Å². The third-order valence-corrected chi connectivity index (χ3v) is 3.41. The summed E-state index contributed by atoms with van der Waals surface area (Å²) in [4.78, 5) is 0. The summed E-state index contributed by atoms with van der Waals surface area (Å²) in [5.41, 5.74) is -3.71. The van der Waals surface area contributed by atoms with E-state index in [0.717, 1.165) is 0 Å². The molecule has 1 aromatic carbocycles. The number of halogens is 4. The van der Waals surface area contributed by atoms with Gasteiger partial charge in [-0.1, -0.05) is 0 Å². The van der Waals surface area contributed by atoms with Gasteiger partial charge in [0, 0.05) is 0 Å². The van der Waals surface area contributed by atoms with Crippen LogP contribution in [0, 0.1) is 23.3 Å². The summed E-state index contributed by atoms with van der Waals surface area (Å²) in [6.45, 7) is -1.50. The van der Waals surface area contributed by atoms with Crippen molar-refractivity contribution in [2.24, 2.45) is 0 Å². The minimum Gasteiger partial charge on any atom is -0.391 e. The fourth-order valence-corrected chi connectivity index (χ4v) is 2.70. The van der Waals surface area contributed by atoms with Crippen LogP contribution in [0.1, 0.15) is 11.1 Å². The number of hydrogen-bond donors (Lipinski definition) is 2. The molecule has 0 heterocycles. The minimum absolute atomic E-state index is 0.230. The van der Waals surface area contributed by atoms with Gasteiger partial charge in [-0.2, -0.15) is 16.8 Å². The summed E-state index contributed by atoms with van der Waals surface area (Å²) in [5, 5.41) is 18.5. The van der Waals surface area contributed by atoms with Crippen LogP contribution in [0.3, 0.4) is 0 Å². The Bertz CT molecular complexity index is 802. The zero-order chi connectivity index (χ0) is 19.1. The molecule has 0 bridgehead atoms. The summed E-state index contributed by atoms with van der Waals surface area (Å²) >= 11 is 0. The highest BCUT2D eigenvalue weighted by Crippen LogP contribution is 2.35. The second-order valence-electron chi connectivity index (χ2n) is 4.42. The van der Waals surface area contributed by atoms with Gasteiger partial charge >= 0.3 is 5.97 Å². The molecule has 0 saturated carbocycles. The van der Waals surface area contributed by atoms with Crippen molar-refractivity contribution < 1.29 is 53.0 Å². The van der Waals surface area contributed by atoms with E-state index in [0.29, 0.717) is 0 Å². The van der Waals surface area contributed by atoms with Crippen LogP contribution in [0.25, 0.3) is 0 Å². The van der Waals surface area contributed by atoms with Gasteiger partial charge in [0.1, 0.15) is 5.56 Å². The predicted molar refractivity (Wildman–Crippen MR) is 68.0 cm³/mol. The van der Waals surface area contributed by atoms with Crippen LogP contribution in [0.4, 0.5) is 17.6 Å². The maximum Gasteiger partial charge on any atom is 0.344 e. The van der Waals surface area contributed by atoms with Gasteiger partial charge in [0.05, 0.1) is 24.7 Å². The highest BCUT2D eigenvalue weighted by Gasteiger charge is 2.47. The lowest BCUT2D eigenvalue weighted by molar-refractivity contribution is -0.281. The molecule has 0 amide bonds. The van der Waals surface area contributed by atoms with Gasteiger partial charge in [-0.3, -0.25) is 0 Å². The summed E-state index contributed by atoms with van der Waals surface area (Å²) in [6.07, 6.45) is 0.461. The van der Waals surface area contributed by atoms with Crippen LogP contribution in [-0.4, -0.2) is 39.6 Å². The smallest absolute Gasteiger partial charge is 0.344 e. The van der Waals surface area contributed by atoms with E-state index in [4.69, 9.17) is 5.11 Å². The summed E-state index contributed by atoms with van der Waals surface area (Å²) < 4.78 is 107. The molecule has 0 aliphatic carbocycles. The van der Waals surface area contributed by atoms with E-state index in [1.165, 1.54) is 0 Å². The first-order valence-corrected chi connectivity index (χ1v) is 9.26. The molecule has 0 atom stereocenters. The Morgan fingerprint density at radius 3 is 1.46 bits per heavy atom. The van der Waals surface area contributed by atoms with Gasteiger partial charge in [-0.05, 0) is 0 Å². The van der Waals surface area contributed by atoms with Gasteiger partial charge in [0.25, 0.3) is 20.2 Å². The van der Waals surface area contributed by atoms with Crippen molar-refractivity contribution in [1.82, 2.24) is 0 Å². The quantitative estimate of drug-likeness (QED) is 0.292. The van der Waals surface area contributed by atoms with Crippen molar-refractivity contribution >= 4 is 20.2 Å². The van der Waals surface area contributed by atoms with Gasteiger partial charge in [0.2, 0.25) is 0 Å².